The number of ether oxygens (including phenoxy) is 2. The van der Waals surface area contributed by atoms with E-state index < -0.39 is 0 Å². The molecule has 0 amide bonds. The molecule has 0 aromatic carbocycles. The SMILES string of the molecule is CCCCCCCCCC(=O)OCC(C)(C)CCCCCN(CCO)CCCCCCCC(=O)OCC(CCCCCCC)CCCCCCC. The highest BCUT2D eigenvalue weighted by Crippen LogP contribution is 2.25. The molecule has 0 saturated carbocycles. The Bertz CT molecular complexity index is 743. The molecule has 0 rings (SSSR count). The van der Waals surface area contributed by atoms with Crippen molar-refractivity contribution in [2.45, 2.75) is 227 Å². The second kappa shape index (κ2) is 37.2. The van der Waals surface area contributed by atoms with Crippen LogP contribution in [0.15, 0.2) is 0 Å². The van der Waals surface area contributed by atoms with Crippen molar-refractivity contribution >= 4 is 11.9 Å². The van der Waals surface area contributed by atoms with Crippen molar-refractivity contribution in [3.63, 3.8) is 0 Å². The highest BCUT2D eigenvalue weighted by molar-refractivity contribution is 5.69. The fourth-order valence-corrected chi connectivity index (χ4v) is 7.04. The molecular weight excluding hydrogens is 634 g/mol. The molecule has 0 aromatic heterocycles. The standard InChI is InChI=1S/C45H89NO5/c1-6-9-12-15-16-20-27-34-44(49)51-41-45(4,5)35-28-23-30-37-46(38-39-47)36-29-22-17-21-26-33-43(48)50-40-42(31-24-18-13-10-7-2)32-25-19-14-11-8-3/h42,47H,6-41H2,1-5H3. The summed E-state index contributed by atoms with van der Waals surface area (Å²) in [6, 6.07) is 0. The lowest BCUT2D eigenvalue weighted by atomic mass is 9.88. The van der Waals surface area contributed by atoms with Crippen LogP contribution in [0.4, 0.5) is 0 Å². The van der Waals surface area contributed by atoms with E-state index in [4.69, 9.17) is 9.47 Å². The molecule has 51 heavy (non-hydrogen) atoms. The Morgan fingerprint density at radius 2 is 0.941 bits per heavy atom. The molecule has 0 saturated heterocycles. The number of hydrogen-bond acceptors (Lipinski definition) is 6. The predicted octanol–water partition coefficient (Wildman–Crippen LogP) is 12.8. The van der Waals surface area contributed by atoms with Crippen LogP contribution in [0.3, 0.4) is 0 Å². The number of esters is 2. The van der Waals surface area contributed by atoms with Crippen molar-refractivity contribution < 1.29 is 24.2 Å². The Morgan fingerprint density at radius 3 is 1.43 bits per heavy atom. The summed E-state index contributed by atoms with van der Waals surface area (Å²) in [6.45, 7) is 15.3. The monoisotopic (exact) mass is 724 g/mol. The number of carbonyl (C=O) groups excluding carboxylic acids is 2. The fourth-order valence-electron chi connectivity index (χ4n) is 7.04. The van der Waals surface area contributed by atoms with Gasteiger partial charge in [0.1, 0.15) is 0 Å². The summed E-state index contributed by atoms with van der Waals surface area (Å²) in [4.78, 5) is 27.1. The highest BCUT2D eigenvalue weighted by Gasteiger charge is 2.20. The normalized spacial score (nSPS) is 11.9. The molecule has 6 nitrogen and oxygen atoms in total. The minimum absolute atomic E-state index is 0.00529. The van der Waals surface area contributed by atoms with Crippen LogP contribution >= 0.6 is 0 Å². The van der Waals surface area contributed by atoms with E-state index in [2.05, 4.69) is 39.5 Å². The second-order valence-electron chi connectivity index (χ2n) is 16.5. The maximum atomic E-state index is 12.5. The minimum atomic E-state index is -0.0374. The molecule has 0 unspecified atom stereocenters. The first kappa shape index (κ1) is 49.9. The summed E-state index contributed by atoms with van der Waals surface area (Å²) in [6.07, 6.45) is 35.0. The van der Waals surface area contributed by atoms with Gasteiger partial charge in [-0.15, -0.1) is 0 Å². The first-order valence-electron chi connectivity index (χ1n) is 22.4. The molecule has 0 spiro atoms. The number of carbonyl (C=O) groups is 2. The largest absolute Gasteiger partial charge is 0.465 e. The molecule has 0 aliphatic carbocycles. The van der Waals surface area contributed by atoms with Gasteiger partial charge in [0.2, 0.25) is 0 Å². The van der Waals surface area contributed by atoms with Crippen LogP contribution in [0.2, 0.25) is 0 Å². The summed E-state index contributed by atoms with van der Waals surface area (Å²) in [5, 5.41) is 9.58. The maximum Gasteiger partial charge on any atom is 0.305 e. The van der Waals surface area contributed by atoms with Gasteiger partial charge < -0.3 is 19.5 Å². The van der Waals surface area contributed by atoms with Gasteiger partial charge in [-0.25, -0.2) is 0 Å². The van der Waals surface area contributed by atoms with E-state index in [-0.39, 0.29) is 24.0 Å². The second-order valence-corrected chi connectivity index (χ2v) is 16.5. The van der Waals surface area contributed by atoms with Crippen molar-refractivity contribution in [3.8, 4) is 0 Å². The average molecular weight is 724 g/mol. The molecule has 0 aliphatic heterocycles. The number of aliphatic hydroxyl groups excluding tert-OH is 1. The topological polar surface area (TPSA) is 76.1 Å². The van der Waals surface area contributed by atoms with Gasteiger partial charge >= 0.3 is 11.9 Å². The average Bonchev–Trinajstić information content (AvgIpc) is 3.11. The first-order valence-corrected chi connectivity index (χ1v) is 22.4. The van der Waals surface area contributed by atoms with Crippen molar-refractivity contribution in [1.82, 2.24) is 4.90 Å². The van der Waals surface area contributed by atoms with E-state index in [9.17, 15) is 14.7 Å². The Hall–Kier alpha value is -1.14. The van der Waals surface area contributed by atoms with Crippen LogP contribution in [0, 0.1) is 11.3 Å². The van der Waals surface area contributed by atoms with Gasteiger partial charge in [0.15, 0.2) is 0 Å². The van der Waals surface area contributed by atoms with Gasteiger partial charge in [0.25, 0.3) is 0 Å². The third-order valence-corrected chi connectivity index (χ3v) is 10.6. The fraction of sp³-hybridized carbons (Fsp3) is 0.956. The third-order valence-electron chi connectivity index (χ3n) is 10.6. The zero-order valence-electron chi connectivity index (χ0n) is 35.1. The Balaban J connectivity index is 4.03. The number of unbranched alkanes of at least 4 members (excludes halogenated alkanes) is 20. The zero-order chi connectivity index (χ0) is 37.7. The van der Waals surface area contributed by atoms with Gasteiger partial charge in [0, 0.05) is 19.4 Å². The molecule has 0 bridgehead atoms. The highest BCUT2D eigenvalue weighted by atomic mass is 16.5. The molecule has 0 heterocycles. The van der Waals surface area contributed by atoms with Gasteiger partial charge in [-0.2, -0.15) is 0 Å². The van der Waals surface area contributed by atoms with Crippen LogP contribution in [0.1, 0.15) is 227 Å². The molecule has 6 heteroatoms. The minimum Gasteiger partial charge on any atom is -0.465 e. The number of hydrogen-bond donors (Lipinski definition) is 1. The summed E-state index contributed by atoms with van der Waals surface area (Å²) < 4.78 is 11.4. The van der Waals surface area contributed by atoms with Crippen LogP contribution in [0.5, 0.6) is 0 Å². The zero-order valence-corrected chi connectivity index (χ0v) is 35.1. The van der Waals surface area contributed by atoms with Gasteiger partial charge in [0.05, 0.1) is 19.8 Å². The molecule has 0 fully saturated rings. The quantitative estimate of drug-likeness (QED) is 0.0501. The lowest BCUT2D eigenvalue weighted by Gasteiger charge is -2.25. The Labute approximate surface area is 318 Å². The molecule has 0 aliphatic rings. The Kier molecular flexibility index (Phi) is 36.4. The van der Waals surface area contributed by atoms with Crippen molar-refractivity contribution in [2.75, 3.05) is 39.5 Å². The molecule has 0 atom stereocenters. The molecular formula is C45H89NO5. The van der Waals surface area contributed by atoms with E-state index in [0.29, 0.717) is 32.0 Å². The maximum absolute atomic E-state index is 12.5. The number of nitrogens with zero attached hydrogens (tertiary/aromatic N) is 1. The van der Waals surface area contributed by atoms with Gasteiger partial charge in [-0.1, -0.05) is 169 Å². The summed E-state index contributed by atoms with van der Waals surface area (Å²) in [5.74, 6) is 0.491. The lowest BCUT2D eigenvalue weighted by Crippen LogP contribution is -2.29. The van der Waals surface area contributed by atoms with Gasteiger partial charge in [-0.3, -0.25) is 9.59 Å². The van der Waals surface area contributed by atoms with Crippen molar-refractivity contribution in [1.29, 1.82) is 0 Å². The van der Waals surface area contributed by atoms with E-state index in [0.717, 1.165) is 83.8 Å². The van der Waals surface area contributed by atoms with E-state index >= 15 is 0 Å². The van der Waals surface area contributed by atoms with Crippen LogP contribution < -0.4 is 0 Å². The molecule has 0 radical (unpaired) electrons. The van der Waals surface area contributed by atoms with Crippen LogP contribution in [-0.4, -0.2) is 61.4 Å². The van der Waals surface area contributed by atoms with Crippen LogP contribution in [0.25, 0.3) is 0 Å². The number of aliphatic hydroxyl groups is 1. The molecule has 1 N–H and O–H groups in total. The van der Waals surface area contributed by atoms with E-state index in [1.807, 2.05) is 0 Å². The van der Waals surface area contributed by atoms with Gasteiger partial charge in [-0.05, 0) is 69.4 Å². The van der Waals surface area contributed by atoms with E-state index in [1.54, 1.807) is 0 Å². The summed E-state index contributed by atoms with van der Waals surface area (Å²) in [5.41, 5.74) is 0.0147. The van der Waals surface area contributed by atoms with Crippen LogP contribution in [-0.2, 0) is 19.1 Å². The van der Waals surface area contributed by atoms with Crippen molar-refractivity contribution in [3.05, 3.63) is 0 Å². The summed E-state index contributed by atoms with van der Waals surface area (Å²) >= 11 is 0. The smallest absolute Gasteiger partial charge is 0.305 e. The third kappa shape index (κ3) is 35.6. The molecule has 304 valence electrons. The first-order chi connectivity index (χ1) is 24.8. The summed E-state index contributed by atoms with van der Waals surface area (Å²) in [7, 11) is 0. The lowest BCUT2D eigenvalue weighted by molar-refractivity contribution is -0.147. The number of rotatable bonds is 40. The molecule has 0 aromatic rings. The van der Waals surface area contributed by atoms with E-state index in [1.165, 1.54) is 116 Å². The predicted molar refractivity (Wildman–Crippen MR) is 218 cm³/mol. The Morgan fingerprint density at radius 1 is 0.529 bits per heavy atom. The van der Waals surface area contributed by atoms with Crippen molar-refractivity contribution in [2.24, 2.45) is 11.3 Å².